The Bertz CT molecular complexity index is 1180. The third-order valence-corrected chi connectivity index (χ3v) is 4.95. The molecule has 7 nitrogen and oxygen atoms in total. The van der Waals surface area contributed by atoms with Gasteiger partial charge in [0.2, 0.25) is 0 Å². The molecule has 4 rings (SSSR count). The third kappa shape index (κ3) is 4.83. The molecule has 2 aromatic heterocycles. The van der Waals surface area contributed by atoms with Gasteiger partial charge >= 0.3 is 0 Å². The highest BCUT2D eigenvalue weighted by Gasteiger charge is 2.10. The maximum absolute atomic E-state index is 5.46. The van der Waals surface area contributed by atoms with Crippen LogP contribution in [0, 0.1) is 13.8 Å². The maximum Gasteiger partial charge on any atom is 0.191 e. The van der Waals surface area contributed by atoms with Gasteiger partial charge in [-0.3, -0.25) is 4.99 Å². The number of rotatable bonds is 6. The summed E-state index contributed by atoms with van der Waals surface area (Å²) in [6.07, 6.45) is 0. The number of nitrogens with one attached hydrogen (secondary N) is 2. The van der Waals surface area contributed by atoms with Gasteiger partial charge in [0.15, 0.2) is 11.7 Å². The first-order chi connectivity index (χ1) is 15.1. The molecule has 0 aliphatic rings. The van der Waals surface area contributed by atoms with Crippen molar-refractivity contribution in [2.24, 2.45) is 4.99 Å². The summed E-state index contributed by atoms with van der Waals surface area (Å²) in [4.78, 5) is 4.32. The van der Waals surface area contributed by atoms with E-state index in [1.807, 2.05) is 60.1 Å². The van der Waals surface area contributed by atoms with Gasteiger partial charge in [0.25, 0.3) is 0 Å². The molecule has 0 radical (unpaired) electrons. The van der Waals surface area contributed by atoms with Crippen molar-refractivity contribution in [2.75, 3.05) is 7.05 Å². The van der Waals surface area contributed by atoms with Crippen LogP contribution in [0.5, 0.6) is 0 Å². The first-order valence-electron chi connectivity index (χ1n) is 10.2. The Labute approximate surface area is 181 Å². The van der Waals surface area contributed by atoms with E-state index in [4.69, 9.17) is 4.52 Å². The van der Waals surface area contributed by atoms with E-state index in [1.165, 1.54) is 0 Å². The van der Waals surface area contributed by atoms with Crippen LogP contribution in [0.15, 0.2) is 76.2 Å². The zero-order chi connectivity index (χ0) is 21.6. The normalized spacial score (nSPS) is 11.5. The lowest BCUT2D eigenvalue weighted by molar-refractivity contribution is 0.422. The zero-order valence-corrected chi connectivity index (χ0v) is 18.0. The van der Waals surface area contributed by atoms with E-state index in [1.54, 1.807) is 7.05 Å². The smallest absolute Gasteiger partial charge is 0.191 e. The number of benzene rings is 2. The van der Waals surface area contributed by atoms with Crippen molar-refractivity contribution in [3.05, 3.63) is 89.4 Å². The van der Waals surface area contributed by atoms with Crippen molar-refractivity contribution in [3.63, 3.8) is 0 Å². The molecule has 0 aliphatic heterocycles. The minimum absolute atomic E-state index is 0.509. The van der Waals surface area contributed by atoms with E-state index in [9.17, 15) is 0 Å². The molecule has 0 saturated carbocycles. The predicted octanol–water partition coefficient (Wildman–Crippen LogP) is 4.01. The molecular weight excluding hydrogens is 388 g/mol. The second-order valence-electron chi connectivity index (χ2n) is 7.30. The Morgan fingerprint density at radius 2 is 1.71 bits per heavy atom. The molecule has 0 atom stereocenters. The minimum atomic E-state index is 0.509. The molecule has 0 spiro atoms. The molecule has 2 aromatic carbocycles. The standard InChI is InChI=1S/C24H26N6O/c1-17-13-18(2)30(28-17)22-12-8-7-11-20(22)15-26-24(25-3)27-16-21-14-23(31-29-21)19-9-5-4-6-10-19/h4-14H,15-16H2,1-3H3,(H2,25,26,27). The van der Waals surface area contributed by atoms with E-state index in [-0.39, 0.29) is 0 Å². The highest BCUT2D eigenvalue weighted by atomic mass is 16.5. The van der Waals surface area contributed by atoms with E-state index in [2.05, 4.69) is 51.0 Å². The summed E-state index contributed by atoms with van der Waals surface area (Å²) in [5, 5.41) is 15.4. The largest absolute Gasteiger partial charge is 0.356 e. The molecule has 0 aliphatic carbocycles. The molecule has 158 valence electrons. The van der Waals surface area contributed by atoms with Gasteiger partial charge < -0.3 is 15.2 Å². The molecule has 0 saturated heterocycles. The van der Waals surface area contributed by atoms with E-state index in [0.29, 0.717) is 19.0 Å². The van der Waals surface area contributed by atoms with Crippen molar-refractivity contribution in [1.29, 1.82) is 0 Å². The van der Waals surface area contributed by atoms with E-state index in [0.717, 1.165) is 39.7 Å². The van der Waals surface area contributed by atoms with Crippen LogP contribution in [0.4, 0.5) is 0 Å². The molecule has 7 heteroatoms. The molecular formula is C24H26N6O. The fourth-order valence-electron chi connectivity index (χ4n) is 3.45. The number of hydrogen-bond donors (Lipinski definition) is 2. The summed E-state index contributed by atoms with van der Waals surface area (Å²) in [7, 11) is 1.75. The fraction of sp³-hybridized carbons (Fsp3) is 0.208. The fourth-order valence-corrected chi connectivity index (χ4v) is 3.45. The van der Waals surface area contributed by atoms with Gasteiger partial charge in [0.05, 0.1) is 17.9 Å². The Morgan fingerprint density at radius 1 is 0.968 bits per heavy atom. The van der Waals surface area contributed by atoms with Crippen molar-refractivity contribution >= 4 is 5.96 Å². The summed E-state index contributed by atoms with van der Waals surface area (Å²) in [5.41, 5.74) is 6.10. The van der Waals surface area contributed by atoms with Gasteiger partial charge in [-0.15, -0.1) is 0 Å². The molecule has 31 heavy (non-hydrogen) atoms. The highest BCUT2D eigenvalue weighted by molar-refractivity contribution is 5.79. The second-order valence-corrected chi connectivity index (χ2v) is 7.30. The van der Waals surface area contributed by atoms with Crippen LogP contribution >= 0.6 is 0 Å². The lowest BCUT2D eigenvalue weighted by Crippen LogP contribution is -2.36. The van der Waals surface area contributed by atoms with Gasteiger partial charge in [-0.25, -0.2) is 4.68 Å². The van der Waals surface area contributed by atoms with Crippen LogP contribution in [0.3, 0.4) is 0 Å². The van der Waals surface area contributed by atoms with Gasteiger partial charge in [0.1, 0.15) is 5.69 Å². The van der Waals surface area contributed by atoms with Gasteiger partial charge in [-0.1, -0.05) is 53.7 Å². The maximum atomic E-state index is 5.46. The average molecular weight is 415 g/mol. The lowest BCUT2D eigenvalue weighted by Gasteiger charge is -2.14. The van der Waals surface area contributed by atoms with E-state index < -0.39 is 0 Å². The number of aliphatic imine (C=N–C) groups is 1. The molecule has 0 fully saturated rings. The van der Waals surface area contributed by atoms with Crippen LogP contribution in [0.1, 0.15) is 22.6 Å². The van der Waals surface area contributed by atoms with Crippen molar-refractivity contribution in [2.45, 2.75) is 26.9 Å². The summed E-state index contributed by atoms with van der Waals surface area (Å²) in [6.45, 7) is 5.19. The SMILES string of the molecule is CN=C(NCc1cc(-c2ccccc2)on1)NCc1ccccc1-n1nc(C)cc1C. The number of aryl methyl sites for hydroxylation is 2. The van der Waals surface area contributed by atoms with Crippen LogP contribution in [-0.2, 0) is 13.1 Å². The summed E-state index contributed by atoms with van der Waals surface area (Å²) in [5.74, 6) is 1.44. The lowest BCUT2D eigenvalue weighted by atomic mass is 10.1. The van der Waals surface area contributed by atoms with Crippen LogP contribution in [-0.4, -0.2) is 27.9 Å². The highest BCUT2D eigenvalue weighted by Crippen LogP contribution is 2.20. The first-order valence-corrected chi connectivity index (χ1v) is 10.2. The van der Waals surface area contributed by atoms with Gasteiger partial charge in [-0.05, 0) is 31.5 Å². The second kappa shape index (κ2) is 9.30. The Balaban J connectivity index is 1.39. The molecule has 0 unspecified atom stereocenters. The Kier molecular flexibility index (Phi) is 6.12. The monoisotopic (exact) mass is 414 g/mol. The van der Waals surface area contributed by atoms with E-state index >= 15 is 0 Å². The molecule has 4 aromatic rings. The van der Waals surface area contributed by atoms with Gasteiger partial charge in [0, 0.05) is 30.9 Å². The summed E-state index contributed by atoms with van der Waals surface area (Å²) < 4.78 is 7.44. The Hall–Kier alpha value is -3.87. The summed E-state index contributed by atoms with van der Waals surface area (Å²) in [6, 6.07) is 22.2. The molecule has 0 amide bonds. The molecule has 0 bridgehead atoms. The number of nitrogens with zero attached hydrogens (tertiary/aromatic N) is 4. The number of hydrogen-bond acceptors (Lipinski definition) is 4. The number of aromatic nitrogens is 3. The topological polar surface area (TPSA) is 80.3 Å². The first kappa shape index (κ1) is 20.4. The number of guanidine groups is 1. The van der Waals surface area contributed by atoms with Crippen LogP contribution in [0.25, 0.3) is 17.0 Å². The van der Waals surface area contributed by atoms with Gasteiger partial charge in [-0.2, -0.15) is 5.10 Å². The van der Waals surface area contributed by atoms with Crippen LogP contribution < -0.4 is 10.6 Å². The quantitative estimate of drug-likeness (QED) is 0.368. The third-order valence-electron chi connectivity index (χ3n) is 4.95. The van der Waals surface area contributed by atoms with Crippen LogP contribution in [0.2, 0.25) is 0 Å². The predicted molar refractivity (Wildman–Crippen MR) is 122 cm³/mol. The average Bonchev–Trinajstić information content (AvgIpc) is 3.40. The molecule has 2 heterocycles. The summed E-state index contributed by atoms with van der Waals surface area (Å²) >= 11 is 0. The van der Waals surface area contributed by atoms with Crippen molar-refractivity contribution in [1.82, 2.24) is 25.6 Å². The van der Waals surface area contributed by atoms with Crippen molar-refractivity contribution in [3.8, 4) is 17.0 Å². The Morgan fingerprint density at radius 3 is 2.45 bits per heavy atom. The van der Waals surface area contributed by atoms with Crippen molar-refractivity contribution < 1.29 is 4.52 Å². The number of para-hydroxylation sites is 1. The molecule has 2 N–H and O–H groups in total. The minimum Gasteiger partial charge on any atom is -0.356 e. The zero-order valence-electron chi connectivity index (χ0n) is 18.0.